The Hall–Kier alpha value is 0.0169. The first-order valence-electron chi connectivity index (χ1n) is 5.92. The maximum Gasteiger partial charge on any atom is 0.534 e. The van der Waals surface area contributed by atoms with Gasteiger partial charge >= 0.3 is 8.80 Å². The largest absolute Gasteiger partial charge is 0.534 e. The lowest BCUT2D eigenvalue weighted by atomic mass is 10.5. The van der Waals surface area contributed by atoms with E-state index < -0.39 is 8.80 Å². The molecule has 1 N–H and O–H groups in total. The van der Waals surface area contributed by atoms with Crippen molar-refractivity contribution in [1.82, 2.24) is 0 Å². The fourth-order valence-corrected chi connectivity index (χ4v) is 4.55. The van der Waals surface area contributed by atoms with Crippen molar-refractivity contribution >= 4 is 8.80 Å². The molecule has 1 fully saturated rings. The number of rotatable bonds is 9. The van der Waals surface area contributed by atoms with Crippen molar-refractivity contribution in [3.05, 3.63) is 0 Å². The molecular weight excluding hydrogens is 228 g/mol. The summed E-state index contributed by atoms with van der Waals surface area (Å²) in [6, 6.07) is 0. The van der Waals surface area contributed by atoms with Crippen LogP contribution in [0.3, 0.4) is 0 Å². The molecule has 6 heteroatoms. The third kappa shape index (κ3) is 3.25. The third-order valence-corrected chi connectivity index (χ3v) is 5.50. The van der Waals surface area contributed by atoms with Crippen LogP contribution in [0.5, 0.6) is 0 Å². The molecule has 1 aliphatic rings. The second kappa shape index (κ2) is 6.68. The van der Waals surface area contributed by atoms with Crippen molar-refractivity contribution in [2.45, 2.75) is 39.0 Å². The first-order chi connectivity index (χ1) is 7.74. The summed E-state index contributed by atoms with van der Waals surface area (Å²) in [6.07, 6.45) is 0.729. The number of ether oxygens (including phenoxy) is 1. The van der Waals surface area contributed by atoms with Gasteiger partial charge in [-0.1, -0.05) is 6.92 Å². The van der Waals surface area contributed by atoms with Gasteiger partial charge in [-0.05, 0) is 20.3 Å². The molecule has 0 spiro atoms. The summed E-state index contributed by atoms with van der Waals surface area (Å²) in [5.41, 5.74) is -0.191. The highest BCUT2D eigenvalue weighted by atomic mass is 28.4. The van der Waals surface area contributed by atoms with Crippen molar-refractivity contribution in [2.75, 3.05) is 26.4 Å². The van der Waals surface area contributed by atoms with Crippen LogP contribution in [-0.2, 0) is 18.0 Å². The maximum absolute atomic E-state index is 9.03. The topological polar surface area (TPSA) is 60.5 Å². The molecule has 96 valence electrons. The van der Waals surface area contributed by atoms with Gasteiger partial charge in [0.05, 0.1) is 6.61 Å². The molecular formula is C10H22O5Si. The van der Waals surface area contributed by atoms with Gasteiger partial charge in [-0.3, -0.25) is 0 Å². The summed E-state index contributed by atoms with van der Waals surface area (Å²) in [7, 11) is -2.75. The predicted molar refractivity (Wildman–Crippen MR) is 61.0 cm³/mol. The molecule has 0 bridgehead atoms. The summed E-state index contributed by atoms with van der Waals surface area (Å²) in [6.45, 7) is 7.52. The van der Waals surface area contributed by atoms with Crippen molar-refractivity contribution in [3.8, 4) is 0 Å². The van der Waals surface area contributed by atoms with E-state index in [2.05, 4.69) is 0 Å². The molecule has 0 radical (unpaired) electrons. The first kappa shape index (κ1) is 14.1. The van der Waals surface area contributed by atoms with Gasteiger partial charge in [-0.2, -0.15) is 0 Å². The molecule has 1 rings (SSSR count). The highest BCUT2D eigenvalue weighted by Crippen LogP contribution is 2.33. The van der Waals surface area contributed by atoms with Gasteiger partial charge < -0.3 is 23.1 Å². The van der Waals surface area contributed by atoms with Crippen molar-refractivity contribution in [3.63, 3.8) is 0 Å². The van der Waals surface area contributed by atoms with Gasteiger partial charge in [0, 0.05) is 19.8 Å². The van der Waals surface area contributed by atoms with Crippen LogP contribution in [0.1, 0.15) is 27.2 Å². The molecule has 5 nitrogen and oxygen atoms in total. The minimum Gasteiger partial charge on any atom is -0.394 e. The summed E-state index contributed by atoms with van der Waals surface area (Å²) in [5, 5.41) is 9.03. The highest BCUT2D eigenvalue weighted by Gasteiger charge is 2.63. The average Bonchev–Trinajstić information content (AvgIpc) is 3.06. The zero-order valence-corrected chi connectivity index (χ0v) is 11.3. The van der Waals surface area contributed by atoms with Crippen LogP contribution in [0.4, 0.5) is 0 Å². The zero-order valence-electron chi connectivity index (χ0n) is 10.3. The van der Waals surface area contributed by atoms with Gasteiger partial charge in [-0.25, -0.2) is 0 Å². The lowest BCUT2D eigenvalue weighted by molar-refractivity contribution is 0.0569. The van der Waals surface area contributed by atoms with E-state index >= 15 is 0 Å². The molecule has 0 aliphatic carbocycles. The second-order valence-corrected chi connectivity index (χ2v) is 6.24. The van der Waals surface area contributed by atoms with E-state index in [1.165, 1.54) is 0 Å². The van der Waals surface area contributed by atoms with E-state index in [1.54, 1.807) is 0 Å². The van der Waals surface area contributed by atoms with Crippen molar-refractivity contribution in [1.29, 1.82) is 0 Å². The molecule has 16 heavy (non-hydrogen) atoms. The molecule has 1 aliphatic heterocycles. The summed E-state index contributed by atoms with van der Waals surface area (Å²) in [4.78, 5) is 0. The smallest absolute Gasteiger partial charge is 0.394 e. The molecule has 0 saturated carbocycles. The molecule has 2 unspecified atom stereocenters. The number of hydrogen-bond acceptors (Lipinski definition) is 5. The minimum absolute atomic E-state index is 0.00491. The van der Waals surface area contributed by atoms with Crippen LogP contribution in [-0.4, -0.2) is 52.2 Å². The molecule has 2 atom stereocenters. The van der Waals surface area contributed by atoms with Gasteiger partial charge in [-0.15, -0.1) is 0 Å². The first-order valence-corrected chi connectivity index (χ1v) is 7.72. The normalized spacial score (nSPS) is 24.8. The summed E-state index contributed by atoms with van der Waals surface area (Å²) in [5.74, 6) is 0. The predicted octanol–water partition coefficient (Wildman–Crippen LogP) is 0.724. The maximum atomic E-state index is 9.03. The number of aliphatic hydroxyl groups is 1. The second-order valence-electron chi connectivity index (χ2n) is 3.60. The molecule has 0 amide bonds. The molecule has 0 aromatic heterocycles. The van der Waals surface area contributed by atoms with Crippen LogP contribution in [0.25, 0.3) is 0 Å². The quantitative estimate of drug-likeness (QED) is 0.483. The van der Waals surface area contributed by atoms with Gasteiger partial charge in [0.1, 0.15) is 6.10 Å². The Labute approximate surface area is 98.0 Å². The summed E-state index contributed by atoms with van der Waals surface area (Å²) >= 11 is 0. The van der Waals surface area contributed by atoms with Crippen LogP contribution >= 0.6 is 0 Å². The van der Waals surface area contributed by atoms with Crippen LogP contribution in [0.15, 0.2) is 0 Å². The van der Waals surface area contributed by atoms with E-state index in [1.807, 2.05) is 20.8 Å². The monoisotopic (exact) mass is 250 g/mol. The molecule has 1 heterocycles. The molecule has 1 saturated heterocycles. The number of hydrogen-bond donors (Lipinski definition) is 1. The van der Waals surface area contributed by atoms with E-state index in [4.69, 9.17) is 23.1 Å². The van der Waals surface area contributed by atoms with Crippen molar-refractivity contribution in [2.24, 2.45) is 0 Å². The van der Waals surface area contributed by atoms with Crippen LogP contribution in [0, 0.1) is 0 Å². The van der Waals surface area contributed by atoms with Crippen LogP contribution in [0.2, 0.25) is 0 Å². The number of aliphatic hydroxyl groups excluding tert-OH is 1. The number of epoxide rings is 1. The lowest BCUT2D eigenvalue weighted by Crippen LogP contribution is -2.53. The average molecular weight is 250 g/mol. The van der Waals surface area contributed by atoms with E-state index in [0.29, 0.717) is 19.8 Å². The molecule has 0 aromatic rings. The summed E-state index contributed by atoms with van der Waals surface area (Å²) < 4.78 is 22.5. The Kier molecular flexibility index (Phi) is 5.88. The van der Waals surface area contributed by atoms with Gasteiger partial charge in [0.15, 0.2) is 5.73 Å². The Morgan fingerprint density at radius 2 is 1.75 bits per heavy atom. The Morgan fingerprint density at radius 1 is 1.12 bits per heavy atom. The van der Waals surface area contributed by atoms with Crippen LogP contribution < -0.4 is 0 Å². The van der Waals surface area contributed by atoms with E-state index in [-0.39, 0.29) is 18.4 Å². The lowest BCUT2D eigenvalue weighted by Gasteiger charge is -2.27. The fraction of sp³-hybridized carbons (Fsp3) is 1.00. The SMILES string of the molecule is CCCO[Si](OCC)(OCC)C1OC1CO. The van der Waals surface area contributed by atoms with E-state index in [9.17, 15) is 0 Å². The highest BCUT2D eigenvalue weighted by molar-refractivity contribution is 6.63. The van der Waals surface area contributed by atoms with Gasteiger partial charge in [0.2, 0.25) is 0 Å². The minimum atomic E-state index is -2.75. The Bertz CT molecular complexity index is 196. The Balaban J connectivity index is 2.63. The zero-order chi connectivity index (χ0) is 12.0. The standard InChI is InChI=1S/C10H22O5Si/c1-4-7-14-16(12-5-2,13-6-3)10-9(8-11)15-10/h9-11H,4-8H2,1-3H3. The molecule has 0 aromatic carbocycles. The van der Waals surface area contributed by atoms with Gasteiger partial charge in [0.25, 0.3) is 0 Å². The Morgan fingerprint density at radius 3 is 2.12 bits per heavy atom. The third-order valence-electron chi connectivity index (χ3n) is 2.31. The van der Waals surface area contributed by atoms with Crippen molar-refractivity contribution < 1.29 is 23.1 Å². The fourth-order valence-electron chi connectivity index (χ4n) is 1.61. The van der Waals surface area contributed by atoms with E-state index in [0.717, 1.165) is 6.42 Å².